The molecule has 0 unspecified atom stereocenters. The van der Waals surface area contributed by atoms with Crippen LogP contribution in [0.4, 0.5) is 5.82 Å². The average molecular weight is 359 g/mol. The second-order valence-corrected chi connectivity index (χ2v) is 7.53. The maximum atomic E-state index is 6.36. The number of piperazine rings is 1. The van der Waals surface area contributed by atoms with E-state index >= 15 is 0 Å². The third kappa shape index (κ3) is 3.24. The highest BCUT2D eigenvalue weighted by Crippen LogP contribution is 2.27. The minimum absolute atomic E-state index is 0.587. The summed E-state index contributed by atoms with van der Waals surface area (Å²) in [5, 5.41) is 6.04. The van der Waals surface area contributed by atoms with E-state index in [-0.39, 0.29) is 0 Å². The van der Waals surface area contributed by atoms with Gasteiger partial charge < -0.3 is 4.90 Å². The van der Waals surface area contributed by atoms with E-state index in [1.165, 1.54) is 5.69 Å². The molecule has 1 saturated heterocycles. The molecule has 6 heteroatoms. The van der Waals surface area contributed by atoms with E-state index < -0.39 is 0 Å². The first-order valence-electron chi connectivity index (χ1n) is 8.12. The molecule has 4 rings (SSSR count). The Morgan fingerprint density at radius 3 is 2.67 bits per heavy atom. The second-order valence-electron chi connectivity index (χ2n) is 6.11. The van der Waals surface area contributed by atoms with E-state index in [0.29, 0.717) is 5.15 Å². The first-order valence-corrected chi connectivity index (χ1v) is 9.38. The van der Waals surface area contributed by atoms with Crippen molar-refractivity contribution in [2.24, 2.45) is 0 Å². The number of thiazole rings is 1. The van der Waals surface area contributed by atoms with Crippen LogP contribution in [0.25, 0.3) is 10.8 Å². The van der Waals surface area contributed by atoms with Crippen LogP contribution >= 0.6 is 22.9 Å². The smallest absolute Gasteiger partial charge is 0.139 e. The minimum atomic E-state index is 0.587. The van der Waals surface area contributed by atoms with Crippen molar-refractivity contribution in [3.8, 4) is 0 Å². The normalized spacial score (nSPS) is 16.0. The first kappa shape index (κ1) is 15.8. The van der Waals surface area contributed by atoms with Gasteiger partial charge in [0.1, 0.15) is 11.0 Å². The van der Waals surface area contributed by atoms with E-state index in [2.05, 4.69) is 44.2 Å². The molecular weight excluding hydrogens is 340 g/mol. The number of benzene rings is 1. The largest absolute Gasteiger partial charge is 0.354 e. The van der Waals surface area contributed by atoms with Gasteiger partial charge in [-0.25, -0.2) is 9.97 Å². The molecule has 0 saturated carbocycles. The molecule has 0 N–H and O–H groups in total. The van der Waals surface area contributed by atoms with Crippen molar-refractivity contribution >= 4 is 39.5 Å². The highest BCUT2D eigenvalue weighted by molar-refractivity contribution is 7.09. The van der Waals surface area contributed by atoms with Crippen LogP contribution in [-0.2, 0) is 6.54 Å². The predicted octanol–water partition coefficient (Wildman–Crippen LogP) is 3.98. The molecular formula is C18H19ClN4S. The Morgan fingerprint density at radius 1 is 1.12 bits per heavy atom. The van der Waals surface area contributed by atoms with Crippen molar-refractivity contribution < 1.29 is 0 Å². The standard InChI is InChI=1S/C18H19ClN4S/c1-13-20-15(12-24-13)11-22-6-8-23(9-7-22)17-10-14-4-2-3-5-16(14)18(19)21-17/h2-5,10,12H,6-9,11H2,1H3. The lowest BCUT2D eigenvalue weighted by Gasteiger charge is -2.35. The zero-order chi connectivity index (χ0) is 16.5. The van der Waals surface area contributed by atoms with Crippen molar-refractivity contribution in [3.05, 3.63) is 51.6 Å². The zero-order valence-corrected chi connectivity index (χ0v) is 15.1. The fourth-order valence-electron chi connectivity index (χ4n) is 3.15. The Labute approximate surface area is 150 Å². The quantitative estimate of drug-likeness (QED) is 0.663. The van der Waals surface area contributed by atoms with Gasteiger partial charge >= 0.3 is 0 Å². The number of hydrogen-bond donors (Lipinski definition) is 0. The molecule has 2 aromatic heterocycles. The van der Waals surface area contributed by atoms with Gasteiger partial charge in [0.15, 0.2) is 0 Å². The van der Waals surface area contributed by atoms with Crippen LogP contribution in [0.15, 0.2) is 35.7 Å². The highest BCUT2D eigenvalue weighted by Gasteiger charge is 2.19. The van der Waals surface area contributed by atoms with E-state index in [9.17, 15) is 0 Å². The van der Waals surface area contributed by atoms with Crippen LogP contribution in [0.5, 0.6) is 0 Å². The number of hydrogen-bond acceptors (Lipinski definition) is 5. The summed E-state index contributed by atoms with van der Waals surface area (Å²) in [6, 6.07) is 10.3. The van der Waals surface area contributed by atoms with Gasteiger partial charge in [0.05, 0.1) is 10.7 Å². The number of aromatic nitrogens is 2. The monoisotopic (exact) mass is 358 g/mol. The van der Waals surface area contributed by atoms with Gasteiger partial charge in [-0.05, 0) is 18.4 Å². The van der Waals surface area contributed by atoms with Crippen molar-refractivity contribution in [1.82, 2.24) is 14.9 Å². The molecule has 0 amide bonds. The van der Waals surface area contributed by atoms with Crippen LogP contribution in [0.1, 0.15) is 10.7 Å². The van der Waals surface area contributed by atoms with Crippen molar-refractivity contribution in [2.45, 2.75) is 13.5 Å². The number of nitrogens with zero attached hydrogens (tertiary/aromatic N) is 4. The first-order chi connectivity index (χ1) is 11.7. The van der Waals surface area contributed by atoms with Crippen LogP contribution in [0.2, 0.25) is 5.15 Å². The fourth-order valence-corrected chi connectivity index (χ4v) is 4.01. The van der Waals surface area contributed by atoms with Crippen LogP contribution in [0.3, 0.4) is 0 Å². The molecule has 0 radical (unpaired) electrons. The van der Waals surface area contributed by atoms with Crippen LogP contribution < -0.4 is 4.90 Å². The molecule has 124 valence electrons. The maximum absolute atomic E-state index is 6.36. The molecule has 1 aliphatic rings. The van der Waals surface area contributed by atoms with E-state index in [4.69, 9.17) is 11.6 Å². The van der Waals surface area contributed by atoms with Gasteiger partial charge in [-0.2, -0.15) is 0 Å². The Bertz CT molecular complexity index is 855. The minimum Gasteiger partial charge on any atom is -0.354 e. The van der Waals surface area contributed by atoms with Crippen LogP contribution in [0, 0.1) is 6.92 Å². The van der Waals surface area contributed by atoms with E-state index in [1.807, 2.05) is 18.2 Å². The summed E-state index contributed by atoms with van der Waals surface area (Å²) >= 11 is 8.08. The van der Waals surface area contributed by atoms with E-state index in [1.54, 1.807) is 11.3 Å². The van der Waals surface area contributed by atoms with Gasteiger partial charge in [0.25, 0.3) is 0 Å². The predicted molar refractivity (Wildman–Crippen MR) is 101 cm³/mol. The van der Waals surface area contributed by atoms with Gasteiger partial charge in [-0.3, -0.25) is 4.90 Å². The number of pyridine rings is 1. The number of anilines is 1. The average Bonchev–Trinajstić information content (AvgIpc) is 3.00. The number of rotatable bonds is 3. The van der Waals surface area contributed by atoms with Crippen molar-refractivity contribution in [2.75, 3.05) is 31.1 Å². The van der Waals surface area contributed by atoms with Crippen LogP contribution in [-0.4, -0.2) is 41.0 Å². The SMILES string of the molecule is Cc1nc(CN2CCN(c3cc4ccccc4c(Cl)n3)CC2)cs1. The summed E-state index contributed by atoms with van der Waals surface area (Å²) in [4.78, 5) is 13.9. The fraction of sp³-hybridized carbons (Fsp3) is 0.333. The molecule has 0 atom stereocenters. The topological polar surface area (TPSA) is 32.3 Å². The summed E-state index contributed by atoms with van der Waals surface area (Å²) in [5.41, 5.74) is 1.18. The summed E-state index contributed by atoms with van der Waals surface area (Å²) in [6.07, 6.45) is 0. The Morgan fingerprint density at radius 2 is 1.92 bits per heavy atom. The maximum Gasteiger partial charge on any atom is 0.139 e. The molecule has 1 aromatic carbocycles. The molecule has 24 heavy (non-hydrogen) atoms. The molecule has 0 bridgehead atoms. The molecule has 0 spiro atoms. The Kier molecular flexibility index (Phi) is 4.39. The molecule has 3 aromatic rings. The summed E-state index contributed by atoms with van der Waals surface area (Å²) in [7, 11) is 0. The second kappa shape index (κ2) is 6.67. The van der Waals surface area contributed by atoms with E-state index in [0.717, 1.165) is 54.3 Å². The molecule has 4 nitrogen and oxygen atoms in total. The van der Waals surface area contributed by atoms with Crippen molar-refractivity contribution in [3.63, 3.8) is 0 Å². The third-order valence-corrected chi connectivity index (χ3v) is 5.54. The summed E-state index contributed by atoms with van der Waals surface area (Å²) in [6.45, 7) is 6.95. The summed E-state index contributed by atoms with van der Waals surface area (Å²) < 4.78 is 0. The lowest BCUT2D eigenvalue weighted by molar-refractivity contribution is 0.247. The molecule has 1 aliphatic heterocycles. The number of halogens is 1. The van der Waals surface area contributed by atoms with Gasteiger partial charge in [-0.1, -0.05) is 35.9 Å². The van der Waals surface area contributed by atoms with Crippen molar-refractivity contribution in [1.29, 1.82) is 0 Å². The highest BCUT2D eigenvalue weighted by atomic mass is 35.5. The lowest BCUT2D eigenvalue weighted by atomic mass is 10.1. The Hall–Kier alpha value is -1.69. The van der Waals surface area contributed by atoms with Gasteiger partial charge in [-0.15, -0.1) is 11.3 Å². The van der Waals surface area contributed by atoms with Gasteiger partial charge in [0.2, 0.25) is 0 Å². The molecule has 3 heterocycles. The lowest BCUT2D eigenvalue weighted by Crippen LogP contribution is -2.46. The molecule has 0 aliphatic carbocycles. The third-order valence-electron chi connectivity index (χ3n) is 4.43. The number of aryl methyl sites for hydroxylation is 1. The Balaban J connectivity index is 1.45. The van der Waals surface area contributed by atoms with Gasteiger partial charge in [0, 0.05) is 43.5 Å². The number of fused-ring (bicyclic) bond motifs is 1. The zero-order valence-electron chi connectivity index (χ0n) is 13.6. The molecule has 1 fully saturated rings. The summed E-state index contributed by atoms with van der Waals surface area (Å²) in [5.74, 6) is 0.975.